The molecular formula is C12H16N4O2S. The van der Waals surface area contributed by atoms with Crippen LogP contribution in [0.4, 0.5) is 0 Å². The highest BCUT2D eigenvalue weighted by Crippen LogP contribution is 2.28. The molecule has 1 aliphatic rings. The molecule has 0 unspecified atom stereocenters. The predicted octanol–water partition coefficient (Wildman–Crippen LogP) is 1.39. The molecular weight excluding hydrogens is 264 g/mol. The molecule has 0 saturated carbocycles. The van der Waals surface area contributed by atoms with Crippen LogP contribution in [0.1, 0.15) is 35.3 Å². The average Bonchev–Trinajstić information content (AvgIpc) is 3.01. The Morgan fingerprint density at radius 3 is 2.84 bits per heavy atom. The summed E-state index contributed by atoms with van der Waals surface area (Å²) in [5.41, 5.74) is 6.78. The third-order valence-electron chi connectivity index (χ3n) is 3.25. The Hall–Kier alpha value is -1.31. The Kier molecular flexibility index (Phi) is 3.34. The molecule has 1 aliphatic heterocycles. The zero-order valence-corrected chi connectivity index (χ0v) is 11.6. The van der Waals surface area contributed by atoms with E-state index in [1.54, 1.807) is 11.3 Å². The van der Waals surface area contributed by atoms with E-state index in [-0.39, 0.29) is 0 Å². The highest BCUT2D eigenvalue weighted by molar-refractivity contribution is 7.09. The van der Waals surface area contributed by atoms with Gasteiger partial charge in [-0.25, -0.2) is 4.98 Å². The van der Waals surface area contributed by atoms with E-state index in [1.165, 1.54) is 0 Å². The predicted molar refractivity (Wildman–Crippen MR) is 69.9 cm³/mol. The van der Waals surface area contributed by atoms with Crippen molar-refractivity contribution in [3.63, 3.8) is 0 Å². The van der Waals surface area contributed by atoms with Gasteiger partial charge in [0.05, 0.1) is 6.42 Å². The SMILES string of the molecule is Cc1csc(Cc2noc(C3(N)CCOCC3)n2)n1. The van der Waals surface area contributed by atoms with Crippen molar-refractivity contribution in [2.24, 2.45) is 5.73 Å². The van der Waals surface area contributed by atoms with Gasteiger partial charge in [-0.05, 0) is 19.8 Å². The van der Waals surface area contributed by atoms with Crippen LogP contribution >= 0.6 is 11.3 Å². The van der Waals surface area contributed by atoms with Crippen molar-refractivity contribution in [3.8, 4) is 0 Å². The normalized spacial score (nSPS) is 18.6. The fourth-order valence-electron chi connectivity index (χ4n) is 2.10. The largest absolute Gasteiger partial charge is 0.381 e. The van der Waals surface area contributed by atoms with E-state index in [1.807, 2.05) is 12.3 Å². The standard InChI is InChI=1S/C12H16N4O2S/c1-8-7-19-10(14-8)6-9-15-11(18-16-9)12(13)2-4-17-5-3-12/h7H,2-6,13H2,1H3. The van der Waals surface area contributed by atoms with Gasteiger partial charge in [-0.3, -0.25) is 0 Å². The zero-order chi connectivity index (χ0) is 13.3. The first-order chi connectivity index (χ1) is 9.16. The van der Waals surface area contributed by atoms with Crippen LogP contribution in [0, 0.1) is 6.92 Å². The second-order valence-corrected chi connectivity index (χ2v) is 5.79. The molecule has 6 nitrogen and oxygen atoms in total. The maximum Gasteiger partial charge on any atom is 0.246 e. The van der Waals surface area contributed by atoms with E-state index < -0.39 is 5.54 Å². The van der Waals surface area contributed by atoms with Crippen molar-refractivity contribution in [1.29, 1.82) is 0 Å². The highest BCUT2D eigenvalue weighted by Gasteiger charge is 2.35. The second-order valence-electron chi connectivity index (χ2n) is 4.84. The van der Waals surface area contributed by atoms with E-state index in [0.717, 1.165) is 10.7 Å². The maximum absolute atomic E-state index is 6.30. The molecule has 2 N–H and O–H groups in total. The number of nitrogens with two attached hydrogens (primary N) is 1. The van der Waals surface area contributed by atoms with Gasteiger partial charge in [-0.1, -0.05) is 5.16 Å². The van der Waals surface area contributed by atoms with Gasteiger partial charge in [-0.2, -0.15) is 4.98 Å². The molecule has 2 aromatic rings. The molecule has 2 aromatic heterocycles. The van der Waals surface area contributed by atoms with Crippen LogP contribution in [0.2, 0.25) is 0 Å². The Morgan fingerprint density at radius 2 is 2.16 bits per heavy atom. The monoisotopic (exact) mass is 280 g/mol. The van der Waals surface area contributed by atoms with Gasteiger partial charge in [0.25, 0.3) is 0 Å². The first kappa shape index (κ1) is 12.7. The van der Waals surface area contributed by atoms with Crippen molar-refractivity contribution in [2.75, 3.05) is 13.2 Å². The molecule has 0 atom stereocenters. The number of aryl methyl sites for hydroxylation is 1. The summed E-state index contributed by atoms with van der Waals surface area (Å²) in [7, 11) is 0. The zero-order valence-electron chi connectivity index (χ0n) is 10.8. The number of rotatable bonds is 3. The molecule has 1 fully saturated rings. The van der Waals surface area contributed by atoms with Crippen LogP contribution in [0.15, 0.2) is 9.90 Å². The molecule has 1 saturated heterocycles. The van der Waals surface area contributed by atoms with Crippen molar-refractivity contribution in [2.45, 2.75) is 31.7 Å². The Balaban J connectivity index is 1.75. The Morgan fingerprint density at radius 1 is 1.37 bits per heavy atom. The van der Waals surface area contributed by atoms with E-state index in [0.29, 0.717) is 44.2 Å². The quantitative estimate of drug-likeness (QED) is 0.914. The molecule has 0 aromatic carbocycles. The molecule has 7 heteroatoms. The number of nitrogens with zero attached hydrogens (tertiary/aromatic N) is 3. The van der Waals surface area contributed by atoms with Crippen LogP contribution in [-0.4, -0.2) is 28.3 Å². The lowest BCUT2D eigenvalue weighted by Crippen LogP contribution is -2.42. The summed E-state index contributed by atoms with van der Waals surface area (Å²) < 4.78 is 10.6. The van der Waals surface area contributed by atoms with E-state index in [9.17, 15) is 0 Å². The van der Waals surface area contributed by atoms with Gasteiger partial charge in [0.2, 0.25) is 5.89 Å². The summed E-state index contributed by atoms with van der Waals surface area (Å²) in [6, 6.07) is 0. The summed E-state index contributed by atoms with van der Waals surface area (Å²) in [5.74, 6) is 1.15. The van der Waals surface area contributed by atoms with Crippen LogP contribution < -0.4 is 5.73 Å². The minimum atomic E-state index is -0.539. The Labute approximate surface area is 115 Å². The minimum absolute atomic E-state index is 0.513. The minimum Gasteiger partial charge on any atom is -0.381 e. The second kappa shape index (κ2) is 4.99. The van der Waals surface area contributed by atoms with Gasteiger partial charge in [0.15, 0.2) is 5.82 Å². The fraction of sp³-hybridized carbons (Fsp3) is 0.583. The third-order valence-corrected chi connectivity index (χ3v) is 4.22. The maximum atomic E-state index is 6.30. The van der Waals surface area contributed by atoms with Crippen molar-refractivity contribution >= 4 is 11.3 Å². The first-order valence-electron chi connectivity index (χ1n) is 6.26. The molecule has 0 aliphatic carbocycles. The van der Waals surface area contributed by atoms with Crippen LogP contribution in [0.3, 0.4) is 0 Å². The molecule has 3 heterocycles. The summed E-state index contributed by atoms with van der Waals surface area (Å²) in [6.07, 6.45) is 2.02. The van der Waals surface area contributed by atoms with Crippen LogP contribution in [-0.2, 0) is 16.7 Å². The summed E-state index contributed by atoms with van der Waals surface area (Å²) in [5, 5.41) is 7.00. The number of hydrogen-bond acceptors (Lipinski definition) is 7. The molecule has 0 spiro atoms. The van der Waals surface area contributed by atoms with Crippen LogP contribution in [0.25, 0.3) is 0 Å². The lowest BCUT2D eigenvalue weighted by atomic mass is 9.91. The van der Waals surface area contributed by atoms with E-state index in [4.69, 9.17) is 15.0 Å². The number of ether oxygens (including phenoxy) is 1. The van der Waals surface area contributed by atoms with Gasteiger partial charge in [0, 0.05) is 24.3 Å². The van der Waals surface area contributed by atoms with Gasteiger partial charge in [0.1, 0.15) is 10.5 Å². The first-order valence-corrected chi connectivity index (χ1v) is 7.14. The summed E-state index contributed by atoms with van der Waals surface area (Å²) in [6.45, 7) is 3.25. The van der Waals surface area contributed by atoms with Gasteiger partial charge < -0.3 is 15.0 Å². The molecule has 3 rings (SSSR count). The van der Waals surface area contributed by atoms with Crippen molar-refractivity contribution in [3.05, 3.63) is 27.8 Å². The average molecular weight is 280 g/mol. The van der Waals surface area contributed by atoms with E-state index >= 15 is 0 Å². The number of hydrogen-bond donors (Lipinski definition) is 1. The highest BCUT2D eigenvalue weighted by atomic mass is 32.1. The lowest BCUT2D eigenvalue weighted by molar-refractivity contribution is 0.0400. The molecule has 19 heavy (non-hydrogen) atoms. The van der Waals surface area contributed by atoms with Crippen LogP contribution in [0.5, 0.6) is 0 Å². The summed E-state index contributed by atoms with van der Waals surface area (Å²) in [4.78, 5) is 8.81. The van der Waals surface area contributed by atoms with Gasteiger partial charge in [-0.15, -0.1) is 11.3 Å². The number of thiazole rings is 1. The molecule has 102 valence electrons. The molecule has 0 bridgehead atoms. The topological polar surface area (TPSA) is 87.1 Å². The number of aromatic nitrogens is 3. The van der Waals surface area contributed by atoms with Gasteiger partial charge >= 0.3 is 0 Å². The Bertz CT molecular complexity index is 560. The molecule has 0 radical (unpaired) electrons. The van der Waals surface area contributed by atoms with Crippen molar-refractivity contribution < 1.29 is 9.26 Å². The fourth-order valence-corrected chi connectivity index (χ4v) is 2.87. The van der Waals surface area contributed by atoms with E-state index in [2.05, 4.69) is 15.1 Å². The lowest BCUT2D eigenvalue weighted by Gasteiger charge is -2.29. The summed E-state index contributed by atoms with van der Waals surface area (Å²) >= 11 is 1.60. The van der Waals surface area contributed by atoms with Crippen molar-refractivity contribution in [1.82, 2.24) is 15.1 Å². The molecule has 0 amide bonds. The smallest absolute Gasteiger partial charge is 0.246 e. The third kappa shape index (κ3) is 2.68.